The smallest absolute Gasteiger partial charge is 0.170 e. The highest BCUT2D eigenvalue weighted by Gasteiger charge is 2.24. The van der Waals surface area contributed by atoms with E-state index >= 15 is 0 Å². The molecule has 0 unspecified atom stereocenters. The molecule has 2 aromatic carbocycles. The molecule has 24 heavy (non-hydrogen) atoms. The van der Waals surface area contributed by atoms with Crippen LogP contribution in [-0.2, 0) is 6.42 Å². The van der Waals surface area contributed by atoms with Crippen LogP contribution < -0.4 is 15.5 Å². The quantitative estimate of drug-likeness (QED) is 0.635. The molecule has 3 nitrogen and oxygen atoms in total. The Morgan fingerprint density at radius 3 is 2.75 bits per heavy atom. The number of nitrogens with zero attached hydrogens (tertiary/aromatic N) is 1. The van der Waals surface area contributed by atoms with Crippen LogP contribution in [0.4, 0.5) is 15.8 Å². The average molecular weight is 343 g/mol. The van der Waals surface area contributed by atoms with E-state index in [1.165, 1.54) is 23.4 Å². The van der Waals surface area contributed by atoms with Gasteiger partial charge in [0.05, 0.1) is 0 Å². The van der Waals surface area contributed by atoms with Crippen molar-refractivity contribution in [2.75, 3.05) is 23.3 Å². The Balaban J connectivity index is 1.42. The van der Waals surface area contributed by atoms with Gasteiger partial charge in [-0.15, -0.1) is 0 Å². The maximum atomic E-state index is 12.9. The van der Waals surface area contributed by atoms with Gasteiger partial charge in [-0.2, -0.15) is 0 Å². The van der Waals surface area contributed by atoms with Gasteiger partial charge in [-0.1, -0.05) is 18.2 Å². The van der Waals surface area contributed by atoms with Gasteiger partial charge in [-0.3, -0.25) is 0 Å². The van der Waals surface area contributed by atoms with Crippen LogP contribution in [0.5, 0.6) is 0 Å². The number of hydrogen-bond donors (Lipinski definition) is 2. The summed E-state index contributed by atoms with van der Waals surface area (Å²) in [6.07, 6.45) is 2.12. The predicted octanol–water partition coefficient (Wildman–Crippen LogP) is 3.95. The molecule has 0 fully saturated rings. The fraction of sp³-hybridized carbons (Fsp3) is 0.316. The topological polar surface area (TPSA) is 27.3 Å². The molecule has 5 heteroatoms. The monoisotopic (exact) mass is 343 g/mol. The molecule has 0 aromatic heterocycles. The Morgan fingerprint density at radius 2 is 1.96 bits per heavy atom. The lowest BCUT2D eigenvalue weighted by molar-refractivity contribution is 0.628. The Hall–Kier alpha value is -2.14. The minimum Gasteiger partial charge on any atom is -0.368 e. The first-order valence-corrected chi connectivity index (χ1v) is 8.69. The zero-order valence-electron chi connectivity index (χ0n) is 13.8. The molecule has 0 saturated heterocycles. The first-order valence-electron chi connectivity index (χ1n) is 8.28. The van der Waals surface area contributed by atoms with Crippen LogP contribution >= 0.6 is 12.2 Å². The van der Waals surface area contributed by atoms with E-state index in [2.05, 4.69) is 46.7 Å². The van der Waals surface area contributed by atoms with Crippen molar-refractivity contribution in [3.63, 3.8) is 0 Å². The number of anilines is 2. The van der Waals surface area contributed by atoms with Crippen LogP contribution in [0.2, 0.25) is 0 Å². The molecule has 0 amide bonds. The van der Waals surface area contributed by atoms with Crippen LogP contribution in [0, 0.1) is 5.82 Å². The number of fused-ring (bicyclic) bond motifs is 1. The zero-order valence-corrected chi connectivity index (χ0v) is 14.6. The van der Waals surface area contributed by atoms with Gasteiger partial charge in [0.2, 0.25) is 0 Å². The molecule has 0 aliphatic carbocycles. The lowest BCUT2D eigenvalue weighted by atomic mass is 10.1. The van der Waals surface area contributed by atoms with Gasteiger partial charge in [0.25, 0.3) is 0 Å². The standard InChI is InChI=1S/C19H22FN3S/c1-14-13-15-5-2-3-6-18(15)23(14)12-4-11-21-19(24)22-17-9-7-16(20)8-10-17/h2-3,5-10,14H,4,11-13H2,1H3,(H2,21,22,24)/t14-/m1/s1. The molecule has 0 bridgehead atoms. The predicted molar refractivity (Wildman–Crippen MR) is 102 cm³/mol. The second-order valence-corrected chi connectivity index (χ2v) is 6.52. The third-order valence-electron chi connectivity index (χ3n) is 4.31. The van der Waals surface area contributed by atoms with Gasteiger partial charge in [-0.25, -0.2) is 4.39 Å². The minimum absolute atomic E-state index is 0.251. The molecule has 3 rings (SSSR count). The fourth-order valence-corrected chi connectivity index (χ4v) is 3.35. The second-order valence-electron chi connectivity index (χ2n) is 6.12. The SMILES string of the molecule is C[C@@H]1Cc2ccccc2N1CCCNC(=S)Nc1ccc(F)cc1. The molecule has 1 atom stereocenters. The highest BCUT2D eigenvalue weighted by molar-refractivity contribution is 7.80. The summed E-state index contributed by atoms with van der Waals surface area (Å²) in [6, 6.07) is 15.3. The van der Waals surface area contributed by atoms with Crippen molar-refractivity contribution in [3.8, 4) is 0 Å². The Bertz CT molecular complexity index is 702. The summed E-state index contributed by atoms with van der Waals surface area (Å²) in [6.45, 7) is 4.08. The molecule has 2 aromatic rings. The van der Waals surface area contributed by atoms with Gasteiger partial charge >= 0.3 is 0 Å². The summed E-state index contributed by atoms with van der Waals surface area (Å²) >= 11 is 5.27. The third kappa shape index (κ3) is 4.03. The van der Waals surface area contributed by atoms with Crippen molar-refractivity contribution in [2.24, 2.45) is 0 Å². The molecule has 0 spiro atoms. The van der Waals surface area contributed by atoms with Crippen LogP contribution in [0.15, 0.2) is 48.5 Å². The normalized spacial score (nSPS) is 15.9. The van der Waals surface area contributed by atoms with Crippen molar-refractivity contribution in [1.29, 1.82) is 0 Å². The van der Waals surface area contributed by atoms with E-state index in [1.807, 2.05) is 0 Å². The molecular weight excluding hydrogens is 321 g/mol. The van der Waals surface area contributed by atoms with E-state index in [1.54, 1.807) is 12.1 Å². The molecule has 0 radical (unpaired) electrons. The summed E-state index contributed by atoms with van der Waals surface area (Å²) in [5.41, 5.74) is 3.58. The number of rotatable bonds is 5. The molecule has 0 saturated carbocycles. The van der Waals surface area contributed by atoms with Crippen molar-refractivity contribution < 1.29 is 4.39 Å². The third-order valence-corrected chi connectivity index (χ3v) is 4.56. The largest absolute Gasteiger partial charge is 0.368 e. The summed E-state index contributed by atoms with van der Waals surface area (Å²) < 4.78 is 12.9. The maximum absolute atomic E-state index is 12.9. The molecule has 1 aliphatic rings. The number of para-hydroxylation sites is 1. The number of halogens is 1. The summed E-state index contributed by atoms with van der Waals surface area (Å²) in [4.78, 5) is 2.47. The van der Waals surface area contributed by atoms with Crippen LogP contribution in [0.3, 0.4) is 0 Å². The lowest BCUT2D eigenvalue weighted by Crippen LogP contribution is -2.34. The summed E-state index contributed by atoms with van der Waals surface area (Å²) in [5.74, 6) is -0.251. The van der Waals surface area contributed by atoms with Gasteiger partial charge < -0.3 is 15.5 Å². The maximum Gasteiger partial charge on any atom is 0.170 e. The highest BCUT2D eigenvalue weighted by Crippen LogP contribution is 2.31. The Kier molecular flexibility index (Phi) is 5.30. The van der Waals surface area contributed by atoms with Crippen molar-refractivity contribution in [2.45, 2.75) is 25.8 Å². The molecule has 1 heterocycles. The number of nitrogens with one attached hydrogen (secondary N) is 2. The number of hydrogen-bond acceptors (Lipinski definition) is 2. The van der Waals surface area contributed by atoms with E-state index in [0.717, 1.165) is 31.6 Å². The first-order chi connectivity index (χ1) is 11.6. The lowest BCUT2D eigenvalue weighted by Gasteiger charge is -2.25. The zero-order chi connectivity index (χ0) is 16.9. The summed E-state index contributed by atoms with van der Waals surface area (Å²) in [7, 11) is 0. The second kappa shape index (κ2) is 7.62. The summed E-state index contributed by atoms with van der Waals surface area (Å²) in [5, 5.41) is 6.84. The van der Waals surface area contributed by atoms with Gasteiger partial charge in [0, 0.05) is 30.5 Å². The van der Waals surface area contributed by atoms with E-state index in [0.29, 0.717) is 11.2 Å². The average Bonchev–Trinajstić information content (AvgIpc) is 2.89. The molecule has 2 N–H and O–H groups in total. The van der Waals surface area contributed by atoms with E-state index in [-0.39, 0.29) is 5.82 Å². The van der Waals surface area contributed by atoms with Gasteiger partial charge in [0.1, 0.15) is 5.82 Å². The van der Waals surface area contributed by atoms with Crippen molar-refractivity contribution >= 4 is 28.7 Å². The van der Waals surface area contributed by atoms with E-state index in [9.17, 15) is 4.39 Å². The van der Waals surface area contributed by atoms with Crippen LogP contribution in [0.25, 0.3) is 0 Å². The van der Waals surface area contributed by atoms with E-state index < -0.39 is 0 Å². The van der Waals surface area contributed by atoms with Gasteiger partial charge in [-0.05, 0) is 67.9 Å². The van der Waals surface area contributed by atoms with Crippen LogP contribution in [0.1, 0.15) is 18.9 Å². The highest BCUT2D eigenvalue weighted by atomic mass is 32.1. The molecule has 1 aliphatic heterocycles. The van der Waals surface area contributed by atoms with Crippen molar-refractivity contribution in [3.05, 3.63) is 59.9 Å². The fourth-order valence-electron chi connectivity index (χ4n) is 3.13. The van der Waals surface area contributed by atoms with E-state index in [4.69, 9.17) is 12.2 Å². The van der Waals surface area contributed by atoms with Gasteiger partial charge in [0.15, 0.2) is 5.11 Å². The Labute approximate surface area is 147 Å². The number of benzene rings is 2. The molecule has 126 valence electrons. The Morgan fingerprint density at radius 1 is 1.21 bits per heavy atom. The van der Waals surface area contributed by atoms with Crippen molar-refractivity contribution in [1.82, 2.24) is 5.32 Å². The first kappa shape index (κ1) is 16.7. The minimum atomic E-state index is -0.251. The van der Waals surface area contributed by atoms with Crippen LogP contribution in [-0.4, -0.2) is 24.2 Å². The number of thiocarbonyl (C=S) groups is 1. The molecular formula is C19H22FN3S.